The Hall–Kier alpha value is -3.18. The number of aryl methyl sites for hydroxylation is 3. The maximum atomic E-state index is 12.6. The first-order chi connectivity index (χ1) is 16.1. The molecule has 2 N–H and O–H groups in total. The molecule has 0 saturated carbocycles. The van der Waals surface area contributed by atoms with Gasteiger partial charge in [-0.15, -0.1) is 0 Å². The number of carbonyl (C=O) groups is 1. The van der Waals surface area contributed by atoms with Crippen LogP contribution in [0.25, 0.3) is 0 Å². The number of benzene rings is 2. The molecule has 172 valence electrons. The summed E-state index contributed by atoms with van der Waals surface area (Å²) in [6.45, 7) is 7.18. The van der Waals surface area contributed by atoms with Crippen LogP contribution in [-0.2, 0) is 6.42 Å². The van der Waals surface area contributed by atoms with Crippen LogP contribution in [-0.4, -0.2) is 36.6 Å². The first-order valence-corrected chi connectivity index (χ1v) is 11.9. The van der Waals surface area contributed by atoms with Crippen molar-refractivity contribution in [3.63, 3.8) is 0 Å². The van der Waals surface area contributed by atoms with E-state index in [0.717, 1.165) is 67.7 Å². The van der Waals surface area contributed by atoms with Crippen molar-refractivity contribution in [1.82, 2.24) is 10.3 Å². The highest BCUT2D eigenvalue weighted by Crippen LogP contribution is 2.23. The predicted octanol–water partition coefficient (Wildman–Crippen LogP) is 5.14. The number of nitrogens with zero attached hydrogens (tertiary/aromatic N) is 2. The van der Waals surface area contributed by atoms with Gasteiger partial charge in [0, 0.05) is 48.5 Å². The molecule has 5 nitrogen and oxygen atoms in total. The number of anilines is 2. The van der Waals surface area contributed by atoms with E-state index in [0.29, 0.717) is 6.04 Å². The number of piperidine rings is 1. The molecule has 3 aromatic rings. The third kappa shape index (κ3) is 6.42. The van der Waals surface area contributed by atoms with Gasteiger partial charge in [-0.1, -0.05) is 17.7 Å². The van der Waals surface area contributed by atoms with Gasteiger partial charge < -0.3 is 15.5 Å². The summed E-state index contributed by atoms with van der Waals surface area (Å²) in [4.78, 5) is 19.1. The fourth-order valence-corrected chi connectivity index (χ4v) is 4.51. The Balaban J connectivity index is 1.21. The minimum Gasteiger partial charge on any atom is -0.371 e. The van der Waals surface area contributed by atoms with Gasteiger partial charge in [0.2, 0.25) is 0 Å². The third-order valence-corrected chi connectivity index (χ3v) is 6.44. The summed E-state index contributed by atoms with van der Waals surface area (Å²) >= 11 is 0. The zero-order valence-electron chi connectivity index (χ0n) is 19.7. The summed E-state index contributed by atoms with van der Waals surface area (Å²) in [5, 5.41) is 6.75. The average molecular weight is 443 g/mol. The van der Waals surface area contributed by atoms with Gasteiger partial charge >= 0.3 is 0 Å². The van der Waals surface area contributed by atoms with Crippen LogP contribution in [0.4, 0.5) is 11.4 Å². The highest BCUT2D eigenvalue weighted by molar-refractivity contribution is 6.05. The molecular formula is C28H34N4O. The number of carbonyl (C=O) groups excluding carboxylic acids is 1. The summed E-state index contributed by atoms with van der Waals surface area (Å²) in [5.41, 5.74) is 6.29. The van der Waals surface area contributed by atoms with Gasteiger partial charge in [0.1, 0.15) is 0 Å². The Kier molecular flexibility index (Phi) is 7.74. The molecule has 1 aliphatic heterocycles. The minimum atomic E-state index is -0.0592. The molecule has 1 aliphatic rings. The van der Waals surface area contributed by atoms with Crippen molar-refractivity contribution in [2.45, 2.75) is 45.6 Å². The second-order valence-corrected chi connectivity index (χ2v) is 8.99. The van der Waals surface area contributed by atoms with Gasteiger partial charge in [0.05, 0.1) is 0 Å². The lowest BCUT2D eigenvalue weighted by molar-refractivity contribution is 0.102. The quantitative estimate of drug-likeness (QED) is 0.474. The van der Waals surface area contributed by atoms with Crippen molar-refractivity contribution >= 4 is 17.3 Å². The van der Waals surface area contributed by atoms with E-state index < -0.39 is 0 Å². The molecule has 2 heterocycles. The molecular weight excluding hydrogens is 408 g/mol. The number of hydrogen-bond donors (Lipinski definition) is 2. The smallest absolute Gasteiger partial charge is 0.255 e. The van der Waals surface area contributed by atoms with Crippen LogP contribution in [0, 0.1) is 13.8 Å². The van der Waals surface area contributed by atoms with Crippen LogP contribution in [0.3, 0.4) is 0 Å². The SMILES string of the molecule is Cc1ccc(C(=O)Nc2ccc(N3CCC(NCCCc4ccncc4)CC3)cc2)c(C)c1. The molecule has 4 rings (SSSR count). The van der Waals surface area contributed by atoms with Crippen LogP contribution in [0.1, 0.15) is 46.3 Å². The standard InChI is InChI=1S/C28H34N4O/c1-21-5-10-27(22(2)20-21)28(33)31-25-6-8-26(9-7-25)32-18-13-24(14-19-32)30-15-3-4-23-11-16-29-17-12-23/h5-12,16-17,20,24,30H,3-4,13-15,18-19H2,1-2H3,(H,31,33). The summed E-state index contributed by atoms with van der Waals surface area (Å²) < 4.78 is 0. The predicted molar refractivity (Wildman–Crippen MR) is 136 cm³/mol. The minimum absolute atomic E-state index is 0.0592. The Morgan fingerprint density at radius 1 is 1.00 bits per heavy atom. The fraction of sp³-hybridized carbons (Fsp3) is 0.357. The van der Waals surface area contributed by atoms with E-state index in [1.165, 1.54) is 11.3 Å². The molecule has 0 atom stereocenters. The summed E-state index contributed by atoms with van der Waals surface area (Å²) in [7, 11) is 0. The van der Waals surface area contributed by atoms with Gasteiger partial charge in [-0.2, -0.15) is 0 Å². The fourth-order valence-electron chi connectivity index (χ4n) is 4.51. The molecule has 1 fully saturated rings. The summed E-state index contributed by atoms with van der Waals surface area (Å²) in [5.74, 6) is -0.0592. The van der Waals surface area contributed by atoms with Gasteiger partial charge in [-0.05, 0) is 99.7 Å². The molecule has 0 unspecified atom stereocenters. The maximum Gasteiger partial charge on any atom is 0.255 e. The normalized spacial score (nSPS) is 14.3. The van der Waals surface area contributed by atoms with Gasteiger partial charge in [-0.25, -0.2) is 0 Å². The van der Waals surface area contributed by atoms with Crippen molar-refractivity contribution in [3.8, 4) is 0 Å². The number of amides is 1. The second kappa shape index (κ2) is 11.1. The highest BCUT2D eigenvalue weighted by Gasteiger charge is 2.19. The van der Waals surface area contributed by atoms with E-state index in [4.69, 9.17) is 0 Å². The van der Waals surface area contributed by atoms with E-state index in [9.17, 15) is 4.79 Å². The zero-order valence-corrected chi connectivity index (χ0v) is 19.7. The van der Waals surface area contributed by atoms with E-state index in [-0.39, 0.29) is 5.91 Å². The van der Waals surface area contributed by atoms with Crippen molar-refractivity contribution in [3.05, 3.63) is 89.2 Å². The van der Waals surface area contributed by atoms with Gasteiger partial charge in [0.15, 0.2) is 0 Å². The number of aromatic nitrogens is 1. The molecule has 33 heavy (non-hydrogen) atoms. The second-order valence-electron chi connectivity index (χ2n) is 8.99. The van der Waals surface area contributed by atoms with E-state index in [1.54, 1.807) is 0 Å². The average Bonchev–Trinajstić information content (AvgIpc) is 2.83. The van der Waals surface area contributed by atoms with Crippen LogP contribution in [0.2, 0.25) is 0 Å². The van der Waals surface area contributed by atoms with Crippen molar-refractivity contribution in [2.24, 2.45) is 0 Å². The topological polar surface area (TPSA) is 57.3 Å². The van der Waals surface area contributed by atoms with Crippen molar-refractivity contribution in [1.29, 1.82) is 0 Å². The Morgan fingerprint density at radius 2 is 1.73 bits per heavy atom. The largest absolute Gasteiger partial charge is 0.371 e. The third-order valence-electron chi connectivity index (χ3n) is 6.44. The zero-order chi connectivity index (χ0) is 23.0. The van der Waals surface area contributed by atoms with Crippen molar-refractivity contribution < 1.29 is 4.79 Å². The number of nitrogens with one attached hydrogen (secondary N) is 2. The summed E-state index contributed by atoms with van der Waals surface area (Å²) in [6.07, 6.45) is 8.29. The molecule has 0 radical (unpaired) electrons. The summed E-state index contributed by atoms with van der Waals surface area (Å²) in [6, 6.07) is 18.9. The van der Waals surface area contributed by atoms with E-state index in [1.807, 2.05) is 56.6 Å². The molecule has 1 aromatic heterocycles. The van der Waals surface area contributed by atoms with Crippen LogP contribution < -0.4 is 15.5 Å². The molecule has 1 amide bonds. The first kappa shape index (κ1) is 23.0. The first-order valence-electron chi connectivity index (χ1n) is 11.9. The Labute approximate surface area is 197 Å². The highest BCUT2D eigenvalue weighted by atomic mass is 16.1. The molecule has 2 aromatic carbocycles. The Bertz CT molecular complexity index is 1040. The van der Waals surface area contributed by atoms with Gasteiger partial charge in [-0.3, -0.25) is 9.78 Å². The van der Waals surface area contributed by atoms with E-state index in [2.05, 4.69) is 44.8 Å². The van der Waals surface area contributed by atoms with Crippen LogP contribution in [0.15, 0.2) is 67.0 Å². The monoisotopic (exact) mass is 442 g/mol. The Morgan fingerprint density at radius 3 is 2.42 bits per heavy atom. The molecule has 0 aliphatic carbocycles. The maximum absolute atomic E-state index is 12.6. The molecule has 5 heteroatoms. The molecule has 0 bridgehead atoms. The molecule has 0 spiro atoms. The molecule has 1 saturated heterocycles. The van der Waals surface area contributed by atoms with E-state index >= 15 is 0 Å². The van der Waals surface area contributed by atoms with Gasteiger partial charge in [0.25, 0.3) is 5.91 Å². The number of hydrogen-bond acceptors (Lipinski definition) is 4. The lowest BCUT2D eigenvalue weighted by Crippen LogP contribution is -2.42. The number of pyridine rings is 1. The lowest BCUT2D eigenvalue weighted by atomic mass is 10.0. The van der Waals surface area contributed by atoms with Crippen LogP contribution >= 0.6 is 0 Å². The lowest BCUT2D eigenvalue weighted by Gasteiger charge is -2.34. The van der Waals surface area contributed by atoms with Crippen LogP contribution in [0.5, 0.6) is 0 Å². The number of rotatable bonds is 8. The van der Waals surface area contributed by atoms with Crippen molar-refractivity contribution in [2.75, 3.05) is 29.9 Å².